The highest BCUT2D eigenvalue weighted by molar-refractivity contribution is 5.84. The number of H-pyrrole nitrogens is 1. The smallest absolute Gasteiger partial charge is 0.120 e. The fraction of sp³-hybridized carbons (Fsp3) is 0.333. The first-order chi connectivity index (χ1) is 15.1. The van der Waals surface area contributed by atoms with Crippen LogP contribution < -0.4 is 4.90 Å². The lowest BCUT2D eigenvalue weighted by molar-refractivity contribution is 0.258. The van der Waals surface area contributed by atoms with Crippen molar-refractivity contribution < 1.29 is 0 Å². The maximum absolute atomic E-state index is 4.95. The van der Waals surface area contributed by atoms with Crippen molar-refractivity contribution in [3.05, 3.63) is 54.5 Å². The number of aromatic amines is 1. The van der Waals surface area contributed by atoms with Gasteiger partial charge in [-0.15, -0.1) is 0 Å². The molecule has 5 rings (SSSR count). The van der Waals surface area contributed by atoms with Crippen LogP contribution in [0.25, 0.3) is 33.7 Å². The van der Waals surface area contributed by atoms with E-state index in [0.717, 1.165) is 58.1 Å². The number of hydrogen-bond acceptors (Lipinski definition) is 6. The van der Waals surface area contributed by atoms with E-state index in [1.54, 1.807) is 0 Å². The summed E-state index contributed by atoms with van der Waals surface area (Å²) in [5, 5.41) is 7.43. The first-order valence-electron chi connectivity index (χ1n) is 10.7. The number of nitrogens with one attached hydrogen (secondary N) is 1. The Balaban J connectivity index is 1.50. The van der Waals surface area contributed by atoms with Crippen LogP contribution in [0.2, 0.25) is 0 Å². The van der Waals surface area contributed by atoms with Crippen LogP contribution in [0.4, 0.5) is 5.69 Å². The van der Waals surface area contributed by atoms with Gasteiger partial charge in [-0.2, -0.15) is 5.10 Å². The Labute approximate surface area is 182 Å². The summed E-state index contributed by atoms with van der Waals surface area (Å²) >= 11 is 0. The molecule has 0 aromatic carbocycles. The van der Waals surface area contributed by atoms with Crippen molar-refractivity contribution in [2.75, 3.05) is 32.1 Å². The van der Waals surface area contributed by atoms with E-state index in [9.17, 15) is 0 Å². The van der Waals surface area contributed by atoms with Gasteiger partial charge in [0.25, 0.3) is 0 Å². The van der Waals surface area contributed by atoms with Gasteiger partial charge < -0.3 is 9.80 Å². The van der Waals surface area contributed by atoms with Crippen molar-refractivity contribution in [1.29, 1.82) is 0 Å². The number of likely N-dealkylation sites (N-methyl/N-ethyl adjacent to an activating group) is 1. The number of pyridine rings is 3. The molecule has 7 nitrogen and oxygen atoms in total. The Kier molecular flexibility index (Phi) is 5.11. The molecule has 5 heterocycles. The van der Waals surface area contributed by atoms with E-state index in [-0.39, 0.29) is 0 Å². The van der Waals surface area contributed by atoms with Crippen LogP contribution in [0.15, 0.2) is 48.8 Å². The predicted octanol–water partition coefficient (Wildman–Crippen LogP) is 3.92. The number of rotatable bonds is 4. The summed E-state index contributed by atoms with van der Waals surface area (Å²) in [5.74, 6) is 0. The minimum absolute atomic E-state index is 0.569. The van der Waals surface area contributed by atoms with Gasteiger partial charge in [-0.05, 0) is 64.2 Å². The Morgan fingerprint density at radius 2 is 1.97 bits per heavy atom. The summed E-state index contributed by atoms with van der Waals surface area (Å²) in [4.78, 5) is 19.0. The van der Waals surface area contributed by atoms with Crippen molar-refractivity contribution in [2.45, 2.75) is 25.8 Å². The molecular weight excluding hydrogens is 386 g/mol. The van der Waals surface area contributed by atoms with Gasteiger partial charge >= 0.3 is 0 Å². The van der Waals surface area contributed by atoms with Gasteiger partial charge in [-0.25, -0.2) is 4.98 Å². The highest BCUT2D eigenvalue weighted by Gasteiger charge is 2.22. The van der Waals surface area contributed by atoms with Gasteiger partial charge in [0.1, 0.15) is 5.69 Å². The molecule has 0 saturated carbocycles. The molecule has 1 saturated heterocycles. The van der Waals surface area contributed by atoms with Gasteiger partial charge in [-0.3, -0.25) is 15.1 Å². The quantitative estimate of drug-likeness (QED) is 0.547. The van der Waals surface area contributed by atoms with E-state index >= 15 is 0 Å². The summed E-state index contributed by atoms with van der Waals surface area (Å²) in [6.07, 6.45) is 6.29. The fourth-order valence-corrected chi connectivity index (χ4v) is 4.29. The highest BCUT2D eigenvalue weighted by atomic mass is 15.2. The average molecular weight is 414 g/mol. The molecule has 1 fully saturated rings. The first-order valence-corrected chi connectivity index (χ1v) is 10.7. The van der Waals surface area contributed by atoms with Crippen molar-refractivity contribution in [2.24, 2.45) is 0 Å². The Hall–Kier alpha value is -3.32. The van der Waals surface area contributed by atoms with E-state index in [1.807, 2.05) is 49.6 Å². The number of nitrogens with zero attached hydrogens (tertiary/aromatic N) is 6. The molecule has 4 aromatic rings. The summed E-state index contributed by atoms with van der Waals surface area (Å²) in [6, 6.07) is 12.7. The number of piperidine rings is 1. The third-order valence-electron chi connectivity index (χ3n) is 6.06. The van der Waals surface area contributed by atoms with E-state index in [0.29, 0.717) is 6.04 Å². The average Bonchev–Trinajstić information content (AvgIpc) is 3.28. The molecule has 4 aromatic heterocycles. The van der Waals surface area contributed by atoms with Crippen LogP contribution in [0, 0.1) is 6.92 Å². The second kappa shape index (κ2) is 8.07. The largest absolute Gasteiger partial charge is 0.369 e. The van der Waals surface area contributed by atoms with Crippen LogP contribution in [-0.2, 0) is 0 Å². The third kappa shape index (κ3) is 3.88. The zero-order chi connectivity index (χ0) is 21.4. The van der Waals surface area contributed by atoms with Gasteiger partial charge in [0, 0.05) is 36.6 Å². The molecule has 31 heavy (non-hydrogen) atoms. The molecule has 0 unspecified atom stereocenters. The van der Waals surface area contributed by atoms with E-state index in [1.165, 1.54) is 12.8 Å². The molecule has 1 aliphatic rings. The summed E-state index contributed by atoms with van der Waals surface area (Å²) in [5.41, 5.74) is 7.34. The standard InChI is InChI=1S/C24H27N7/c1-16-6-4-8-22(27-16)24-19(14-26-29-24)20-9-10-21-23(28-20)12-18(13-25-21)31-11-5-7-17(15-31)30(2)3/h4,6,8-10,12-14,17H,5,7,11,15H2,1-3H3,(H,26,29)/t17-/m1/s1. The van der Waals surface area contributed by atoms with Crippen LogP contribution in [0.1, 0.15) is 18.5 Å². The zero-order valence-electron chi connectivity index (χ0n) is 18.2. The number of aromatic nitrogens is 5. The number of hydrogen-bond donors (Lipinski definition) is 1. The molecule has 7 heteroatoms. The molecule has 158 valence electrons. The topological polar surface area (TPSA) is 73.8 Å². The second-order valence-corrected chi connectivity index (χ2v) is 8.45. The number of anilines is 1. The fourth-order valence-electron chi connectivity index (χ4n) is 4.29. The Morgan fingerprint density at radius 1 is 1.06 bits per heavy atom. The maximum Gasteiger partial charge on any atom is 0.120 e. The van der Waals surface area contributed by atoms with Gasteiger partial charge in [0.05, 0.1) is 34.3 Å². The lowest BCUT2D eigenvalue weighted by atomic mass is 10.0. The normalized spacial score (nSPS) is 16.9. The van der Waals surface area contributed by atoms with Gasteiger partial charge in [0.2, 0.25) is 0 Å². The molecule has 0 spiro atoms. The zero-order valence-corrected chi connectivity index (χ0v) is 18.2. The van der Waals surface area contributed by atoms with Crippen molar-refractivity contribution >= 4 is 16.7 Å². The Morgan fingerprint density at radius 3 is 2.81 bits per heavy atom. The first kappa shape index (κ1) is 19.6. The number of aryl methyl sites for hydroxylation is 1. The summed E-state index contributed by atoms with van der Waals surface area (Å²) in [6.45, 7) is 4.06. The van der Waals surface area contributed by atoms with Gasteiger partial charge in [-0.1, -0.05) is 6.07 Å². The molecule has 1 atom stereocenters. The van der Waals surface area contributed by atoms with Crippen LogP contribution >= 0.6 is 0 Å². The molecular formula is C24H27N7. The molecule has 0 bridgehead atoms. The van der Waals surface area contributed by atoms with Crippen LogP contribution in [-0.4, -0.2) is 63.3 Å². The predicted molar refractivity (Wildman–Crippen MR) is 124 cm³/mol. The SMILES string of the molecule is Cc1cccc(-c2n[nH]cc2-c2ccc3ncc(N4CCC[C@@H](N(C)C)C4)cc3n2)n1. The number of fused-ring (bicyclic) bond motifs is 1. The second-order valence-electron chi connectivity index (χ2n) is 8.45. The van der Waals surface area contributed by atoms with E-state index in [2.05, 4.69) is 50.1 Å². The lowest BCUT2D eigenvalue weighted by Gasteiger charge is -2.37. The minimum Gasteiger partial charge on any atom is -0.369 e. The summed E-state index contributed by atoms with van der Waals surface area (Å²) < 4.78 is 0. The van der Waals surface area contributed by atoms with Crippen molar-refractivity contribution in [3.63, 3.8) is 0 Å². The van der Waals surface area contributed by atoms with Crippen LogP contribution in [0.3, 0.4) is 0 Å². The molecule has 1 N–H and O–H groups in total. The van der Waals surface area contributed by atoms with E-state index < -0.39 is 0 Å². The van der Waals surface area contributed by atoms with Crippen molar-refractivity contribution in [1.82, 2.24) is 30.0 Å². The Bertz CT molecular complexity index is 1210. The molecule has 0 aliphatic carbocycles. The molecule has 0 amide bonds. The summed E-state index contributed by atoms with van der Waals surface area (Å²) in [7, 11) is 4.32. The monoisotopic (exact) mass is 413 g/mol. The third-order valence-corrected chi connectivity index (χ3v) is 6.06. The highest BCUT2D eigenvalue weighted by Crippen LogP contribution is 2.30. The minimum atomic E-state index is 0.569. The van der Waals surface area contributed by atoms with Crippen LogP contribution in [0.5, 0.6) is 0 Å². The molecule has 1 aliphatic heterocycles. The van der Waals surface area contributed by atoms with Gasteiger partial charge in [0.15, 0.2) is 0 Å². The maximum atomic E-state index is 4.95. The molecule has 0 radical (unpaired) electrons. The van der Waals surface area contributed by atoms with Crippen molar-refractivity contribution in [3.8, 4) is 22.6 Å². The lowest BCUT2D eigenvalue weighted by Crippen LogP contribution is -2.45. The van der Waals surface area contributed by atoms with E-state index in [4.69, 9.17) is 4.98 Å².